The van der Waals surface area contributed by atoms with Gasteiger partial charge in [0.25, 0.3) is 0 Å². The molecule has 19 heteroatoms. The van der Waals surface area contributed by atoms with Crippen molar-refractivity contribution in [1.82, 2.24) is 0 Å². The molecule has 0 saturated carbocycles. The third kappa shape index (κ3) is 13.6. The van der Waals surface area contributed by atoms with Crippen LogP contribution in [0.25, 0.3) is 0 Å². The zero-order chi connectivity index (χ0) is 35.5. The number of aryl methyl sites for hydroxylation is 1. The second kappa shape index (κ2) is 18.4. The van der Waals surface area contributed by atoms with E-state index in [9.17, 15) is 31.2 Å². The Kier molecular flexibility index (Phi) is 17.1. The predicted octanol–water partition coefficient (Wildman–Crippen LogP) is 8.15. The monoisotopic (exact) mass is 1060 g/mol. The van der Waals surface area contributed by atoms with Gasteiger partial charge >= 0.3 is 17.9 Å². The Morgan fingerprint density at radius 3 is 1.59 bits per heavy atom. The van der Waals surface area contributed by atoms with E-state index in [2.05, 4.69) is 95.6 Å². The second-order valence-corrected chi connectivity index (χ2v) is 29.6. The number of benzene rings is 3. The van der Waals surface area contributed by atoms with Gasteiger partial charge in [0.05, 0.1) is 27.5 Å². The Balaban J connectivity index is 0.000000363. The van der Waals surface area contributed by atoms with Crippen LogP contribution in [0.4, 0.5) is 0 Å². The van der Waals surface area contributed by atoms with E-state index in [1.54, 1.807) is 24.3 Å². The molecule has 3 N–H and O–H groups in total. The van der Waals surface area contributed by atoms with Crippen molar-refractivity contribution >= 4 is 133 Å². The van der Waals surface area contributed by atoms with Crippen LogP contribution in [0, 0.1) is 6.92 Å². The number of carbonyl (C=O) groups is 3. The molecule has 0 aliphatic carbocycles. The number of sulfone groups is 2. The average molecular weight is 1070 g/mol. The number of hydrogen-bond donors (Lipinski definition) is 3. The van der Waals surface area contributed by atoms with Gasteiger partial charge in [-0.15, -0.1) is 0 Å². The van der Waals surface area contributed by atoms with E-state index < -0.39 is 40.5 Å². The van der Waals surface area contributed by atoms with Crippen molar-refractivity contribution < 1.29 is 51.3 Å². The van der Waals surface area contributed by atoms with E-state index in [-0.39, 0.29) is 28.4 Å². The van der Waals surface area contributed by atoms with Crippen LogP contribution in [0.3, 0.4) is 0 Å². The molecule has 0 aromatic heterocycles. The highest BCUT2D eigenvalue weighted by Gasteiger charge is 2.38. The van der Waals surface area contributed by atoms with E-state index >= 15 is 0 Å². The summed E-state index contributed by atoms with van der Waals surface area (Å²) >= 11 is 17.6. The lowest BCUT2D eigenvalue weighted by molar-refractivity contribution is -0.137. The molecule has 11 nitrogen and oxygen atoms in total. The van der Waals surface area contributed by atoms with Crippen LogP contribution in [0.2, 0.25) is 0 Å². The number of rotatable bonds is 9. The highest BCUT2D eigenvalue weighted by Crippen LogP contribution is 2.44. The standard InChI is InChI=1S/C11H11Br3O5S.C8H5Br3O4S.C8H8O2/c12-11(13,14)20(17,18)9-5-3-8(4-6-9)19-7-1-2-10(15)16;9-8(10,11)16(14,15)6-3-1-2-5(4-6)7(12)13;1-6-2-4-7(5-3-6)8(9)10/h3-6H,1-2,7H2,(H,15,16);1-4H,(H,12,13);2-5H,1H3,(H,9,10). The summed E-state index contributed by atoms with van der Waals surface area (Å²) in [4.78, 5) is 31.3. The minimum Gasteiger partial charge on any atom is -0.494 e. The van der Waals surface area contributed by atoms with Crippen molar-refractivity contribution in [3.63, 3.8) is 0 Å². The summed E-state index contributed by atoms with van der Waals surface area (Å²) in [5.74, 6) is -2.45. The van der Waals surface area contributed by atoms with Crippen molar-refractivity contribution in [2.24, 2.45) is 0 Å². The van der Waals surface area contributed by atoms with E-state index in [0.717, 1.165) is 11.6 Å². The number of aromatic carboxylic acids is 2. The lowest BCUT2D eigenvalue weighted by atomic mass is 10.2. The first kappa shape index (κ1) is 42.7. The topological polar surface area (TPSA) is 189 Å². The molecule has 0 bridgehead atoms. The van der Waals surface area contributed by atoms with Crippen molar-refractivity contribution in [2.75, 3.05) is 6.61 Å². The van der Waals surface area contributed by atoms with Gasteiger partial charge in [-0.05, 0) is 164 Å². The normalized spacial score (nSPS) is 11.6. The summed E-state index contributed by atoms with van der Waals surface area (Å²) in [6.07, 6.45) is 0.425. The van der Waals surface area contributed by atoms with Gasteiger partial charge in [0, 0.05) is 6.42 Å². The van der Waals surface area contributed by atoms with Gasteiger partial charge in [0.2, 0.25) is 22.6 Å². The molecular formula is C27H24Br6O11S2. The zero-order valence-electron chi connectivity index (χ0n) is 23.2. The number of carboxylic acids is 3. The van der Waals surface area contributed by atoms with E-state index in [0.29, 0.717) is 17.7 Å². The Morgan fingerprint density at radius 1 is 0.674 bits per heavy atom. The van der Waals surface area contributed by atoms with Gasteiger partial charge in [-0.1, -0.05) is 23.8 Å². The molecule has 0 heterocycles. The number of carboxylic acid groups (broad SMARTS) is 3. The molecule has 3 aromatic rings. The summed E-state index contributed by atoms with van der Waals surface area (Å²) in [7, 11) is -7.36. The fourth-order valence-electron chi connectivity index (χ4n) is 2.89. The highest BCUT2D eigenvalue weighted by atomic mass is 80.0. The number of hydrogen-bond acceptors (Lipinski definition) is 8. The molecular weight excluding hydrogens is 1040 g/mol. The maximum atomic E-state index is 12.1. The van der Waals surface area contributed by atoms with Crippen LogP contribution in [0.1, 0.15) is 39.1 Å². The maximum Gasteiger partial charge on any atom is 0.335 e. The molecule has 0 radical (unpaired) electrons. The lowest BCUT2D eigenvalue weighted by Gasteiger charge is -2.14. The van der Waals surface area contributed by atoms with Crippen LogP contribution in [-0.4, -0.2) is 59.6 Å². The smallest absolute Gasteiger partial charge is 0.335 e. The van der Waals surface area contributed by atoms with Crippen LogP contribution >= 0.6 is 95.6 Å². The van der Waals surface area contributed by atoms with Gasteiger partial charge in [-0.3, -0.25) is 4.79 Å². The summed E-state index contributed by atoms with van der Waals surface area (Å²) in [6, 6.07) is 17.7. The van der Waals surface area contributed by atoms with E-state index in [1.165, 1.54) is 42.5 Å². The fourth-order valence-corrected chi connectivity index (χ4v) is 7.82. The molecule has 0 amide bonds. The molecule has 252 valence electrons. The average Bonchev–Trinajstić information content (AvgIpc) is 2.95. The molecule has 0 saturated heterocycles. The van der Waals surface area contributed by atoms with E-state index in [1.807, 2.05) is 6.92 Å². The Morgan fingerprint density at radius 2 is 1.15 bits per heavy atom. The summed E-state index contributed by atoms with van der Waals surface area (Å²) in [5.41, 5.74) is 1.33. The van der Waals surface area contributed by atoms with Crippen LogP contribution in [-0.2, 0) is 24.5 Å². The molecule has 46 heavy (non-hydrogen) atoms. The SMILES string of the molecule is Cc1ccc(C(=O)O)cc1.O=C(O)CCCOc1ccc(S(=O)(=O)C(Br)(Br)Br)cc1.O=C(O)c1cccc(S(=O)(=O)C(Br)(Br)Br)c1. The zero-order valence-corrected chi connectivity index (χ0v) is 34.4. The van der Waals surface area contributed by atoms with Crippen molar-refractivity contribution in [3.8, 4) is 5.75 Å². The summed E-state index contributed by atoms with van der Waals surface area (Å²) in [6.45, 7) is 2.18. The van der Waals surface area contributed by atoms with Crippen molar-refractivity contribution in [3.05, 3.63) is 89.5 Å². The lowest BCUT2D eigenvalue weighted by Crippen LogP contribution is -2.18. The minimum atomic E-state index is -3.75. The first-order valence-electron chi connectivity index (χ1n) is 12.2. The van der Waals surface area contributed by atoms with Crippen LogP contribution in [0.5, 0.6) is 5.75 Å². The van der Waals surface area contributed by atoms with Crippen molar-refractivity contribution in [1.29, 1.82) is 0 Å². The first-order chi connectivity index (χ1) is 21.0. The van der Waals surface area contributed by atoms with Gasteiger partial charge in [-0.2, -0.15) is 0 Å². The quantitative estimate of drug-likeness (QED) is 0.139. The summed E-state index contributed by atoms with van der Waals surface area (Å²) in [5, 5.41) is 25.7. The molecule has 0 spiro atoms. The summed E-state index contributed by atoms with van der Waals surface area (Å²) < 4.78 is 50.3. The molecule has 0 atom stereocenters. The minimum absolute atomic E-state index is 0.0335. The molecule has 3 rings (SSSR count). The van der Waals surface area contributed by atoms with Gasteiger partial charge in [-0.25, -0.2) is 26.4 Å². The molecule has 0 fully saturated rings. The van der Waals surface area contributed by atoms with Gasteiger partial charge in [0.15, 0.2) is 0 Å². The number of alkyl halides is 6. The Bertz CT molecular complexity index is 1720. The second-order valence-electron chi connectivity index (χ2n) is 8.72. The Labute approximate surface area is 315 Å². The van der Waals surface area contributed by atoms with Crippen molar-refractivity contribution in [2.45, 2.75) is 32.5 Å². The molecule has 0 unspecified atom stereocenters. The maximum absolute atomic E-state index is 12.1. The predicted molar refractivity (Wildman–Crippen MR) is 194 cm³/mol. The highest BCUT2D eigenvalue weighted by molar-refractivity contribution is 9.42. The molecule has 0 aliphatic heterocycles. The molecule has 0 aliphatic rings. The Hall–Kier alpha value is -1.35. The first-order valence-corrected chi connectivity index (χ1v) is 19.9. The largest absolute Gasteiger partial charge is 0.494 e. The third-order valence-electron chi connectivity index (χ3n) is 5.24. The van der Waals surface area contributed by atoms with Gasteiger partial charge < -0.3 is 20.1 Å². The van der Waals surface area contributed by atoms with E-state index in [4.69, 9.17) is 20.1 Å². The van der Waals surface area contributed by atoms with Gasteiger partial charge in [0.1, 0.15) is 5.75 Å². The van der Waals surface area contributed by atoms with Crippen LogP contribution < -0.4 is 4.74 Å². The molecule has 3 aromatic carbocycles. The number of aliphatic carboxylic acids is 1. The van der Waals surface area contributed by atoms with Crippen LogP contribution in [0.15, 0.2) is 82.6 Å². The number of halogens is 6. The number of ether oxygens (including phenoxy) is 1. The third-order valence-corrected chi connectivity index (χ3v) is 15.9. The fraction of sp³-hybridized carbons (Fsp3) is 0.222.